The second-order valence-corrected chi connectivity index (χ2v) is 5.64. The van der Waals surface area contributed by atoms with Crippen LogP contribution in [-0.4, -0.2) is 17.3 Å². The van der Waals surface area contributed by atoms with Crippen molar-refractivity contribution < 1.29 is 36.0 Å². The van der Waals surface area contributed by atoms with Crippen LogP contribution in [0.3, 0.4) is 0 Å². The van der Waals surface area contributed by atoms with E-state index >= 15 is 0 Å². The molecule has 1 aromatic heterocycles. The Bertz CT molecular complexity index is 702. The Hall–Kier alpha value is -2.28. The third-order valence-electron chi connectivity index (χ3n) is 3.14. The highest BCUT2D eigenvalue weighted by Crippen LogP contribution is 2.12. The number of halogens is 1. The van der Waals surface area contributed by atoms with Crippen molar-refractivity contribution in [2.24, 2.45) is 5.92 Å². The topological polar surface area (TPSA) is 73.3 Å². The second kappa shape index (κ2) is 9.12. The molecule has 24 heavy (non-hydrogen) atoms. The number of nitro benzene ring substituents is 1. The summed E-state index contributed by atoms with van der Waals surface area (Å²) in [5.74, 6) is 1.01. The lowest BCUT2D eigenvalue weighted by Crippen LogP contribution is -3.00. The molecule has 2 aromatic rings. The number of benzene rings is 1. The predicted octanol–water partition coefficient (Wildman–Crippen LogP) is -0.196. The first-order chi connectivity index (χ1) is 11.0. The van der Waals surface area contributed by atoms with E-state index < -0.39 is 4.92 Å². The standard InChI is InChI=1S/C17H19N2O4.BrH/c1-13(2)12-23-16-4-3-9-18(10-16)11-17(20)14-5-7-15(8-6-14)19(21)22;/h3-10,13H,11-12H2,1-2H3;1H/q+1;/p-1. The molecule has 1 heterocycles. The predicted molar refractivity (Wildman–Crippen MR) is 84.4 cm³/mol. The Morgan fingerprint density at radius 3 is 2.50 bits per heavy atom. The van der Waals surface area contributed by atoms with E-state index in [0.717, 1.165) is 0 Å². The number of nitro groups is 1. The quantitative estimate of drug-likeness (QED) is 0.282. The molecule has 0 amide bonds. The number of hydrogen-bond acceptors (Lipinski definition) is 4. The lowest BCUT2D eigenvalue weighted by atomic mass is 10.1. The summed E-state index contributed by atoms with van der Waals surface area (Å²) in [6.07, 6.45) is 3.55. The first-order valence-corrected chi connectivity index (χ1v) is 7.35. The second-order valence-electron chi connectivity index (χ2n) is 5.64. The van der Waals surface area contributed by atoms with Gasteiger partial charge >= 0.3 is 0 Å². The molecule has 0 unspecified atom stereocenters. The van der Waals surface area contributed by atoms with Gasteiger partial charge in [0.25, 0.3) is 5.69 Å². The van der Waals surface area contributed by atoms with Crippen LogP contribution in [0.15, 0.2) is 48.8 Å². The van der Waals surface area contributed by atoms with Crippen molar-refractivity contribution in [1.29, 1.82) is 0 Å². The number of aromatic nitrogens is 1. The van der Waals surface area contributed by atoms with Crippen LogP contribution >= 0.6 is 0 Å². The maximum atomic E-state index is 12.2. The highest BCUT2D eigenvalue weighted by Gasteiger charge is 2.14. The van der Waals surface area contributed by atoms with Gasteiger partial charge in [0.05, 0.1) is 11.5 Å². The van der Waals surface area contributed by atoms with Crippen molar-refractivity contribution >= 4 is 11.5 Å². The fourth-order valence-electron chi connectivity index (χ4n) is 1.97. The highest BCUT2D eigenvalue weighted by atomic mass is 79.9. The van der Waals surface area contributed by atoms with Gasteiger partial charge < -0.3 is 21.7 Å². The summed E-state index contributed by atoms with van der Waals surface area (Å²) in [6, 6.07) is 9.27. The summed E-state index contributed by atoms with van der Waals surface area (Å²) in [6.45, 7) is 4.89. The van der Waals surface area contributed by atoms with E-state index in [0.29, 0.717) is 23.8 Å². The molecule has 0 radical (unpaired) electrons. The number of non-ortho nitro benzene ring substituents is 1. The third kappa shape index (κ3) is 5.73. The van der Waals surface area contributed by atoms with Crippen LogP contribution in [0.4, 0.5) is 5.69 Å². The van der Waals surface area contributed by atoms with Crippen LogP contribution < -0.4 is 26.3 Å². The van der Waals surface area contributed by atoms with Crippen molar-refractivity contribution in [2.75, 3.05) is 6.61 Å². The zero-order chi connectivity index (χ0) is 16.8. The van der Waals surface area contributed by atoms with E-state index in [9.17, 15) is 14.9 Å². The number of Topliss-reactive ketones (excluding diaryl/α,β-unsaturated/α-hetero) is 1. The zero-order valence-corrected chi connectivity index (χ0v) is 15.1. The molecule has 128 valence electrons. The van der Waals surface area contributed by atoms with Gasteiger partial charge in [-0.05, 0) is 24.1 Å². The molecule has 2 rings (SSSR count). The van der Waals surface area contributed by atoms with E-state index in [1.54, 1.807) is 17.0 Å². The summed E-state index contributed by atoms with van der Waals surface area (Å²) >= 11 is 0. The fraction of sp³-hybridized carbons (Fsp3) is 0.294. The molecule has 0 N–H and O–H groups in total. The highest BCUT2D eigenvalue weighted by molar-refractivity contribution is 5.95. The van der Waals surface area contributed by atoms with Crippen molar-refractivity contribution in [3.63, 3.8) is 0 Å². The number of ether oxygens (including phenoxy) is 1. The van der Waals surface area contributed by atoms with Gasteiger partial charge in [-0.15, -0.1) is 0 Å². The molecule has 0 bridgehead atoms. The van der Waals surface area contributed by atoms with Gasteiger partial charge in [0, 0.05) is 23.8 Å². The lowest BCUT2D eigenvalue weighted by Gasteiger charge is -2.07. The van der Waals surface area contributed by atoms with Crippen LogP contribution in [0, 0.1) is 16.0 Å². The molecule has 7 heteroatoms. The number of ketones is 1. The van der Waals surface area contributed by atoms with Gasteiger partial charge in [0.2, 0.25) is 18.5 Å². The minimum atomic E-state index is -0.488. The smallest absolute Gasteiger partial charge is 0.269 e. The van der Waals surface area contributed by atoms with Gasteiger partial charge in [-0.3, -0.25) is 14.9 Å². The van der Waals surface area contributed by atoms with E-state index in [4.69, 9.17) is 4.74 Å². The number of hydrogen-bond donors (Lipinski definition) is 0. The van der Waals surface area contributed by atoms with Crippen molar-refractivity contribution in [3.8, 4) is 5.75 Å². The Balaban J connectivity index is 0.00000288. The molecule has 0 saturated heterocycles. The average molecular weight is 395 g/mol. The molecular formula is C17H19BrN2O4. The zero-order valence-electron chi connectivity index (χ0n) is 13.5. The molecule has 0 saturated carbocycles. The molecule has 1 aromatic carbocycles. The fourth-order valence-corrected chi connectivity index (χ4v) is 1.97. The molecule has 0 atom stereocenters. The summed E-state index contributed by atoms with van der Waals surface area (Å²) < 4.78 is 7.37. The minimum Gasteiger partial charge on any atom is -1.00 e. The summed E-state index contributed by atoms with van der Waals surface area (Å²) in [7, 11) is 0. The number of rotatable bonds is 7. The van der Waals surface area contributed by atoms with Crippen LogP contribution in [0.25, 0.3) is 0 Å². The van der Waals surface area contributed by atoms with Crippen molar-refractivity contribution in [2.45, 2.75) is 20.4 Å². The molecular weight excluding hydrogens is 376 g/mol. The van der Waals surface area contributed by atoms with Crippen LogP contribution in [-0.2, 0) is 6.54 Å². The molecule has 0 aliphatic rings. The average Bonchev–Trinajstić information content (AvgIpc) is 2.53. The Morgan fingerprint density at radius 2 is 1.92 bits per heavy atom. The first-order valence-electron chi connectivity index (χ1n) is 7.35. The molecule has 6 nitrogen and oxygen atoms in total. The monoisotopic (exact) mass is 394 g/mol. The SMILES string of the molecule is CC(C)COc1ccc[n+](CC(=O)c2ccc([N+](=O)[O-])cc2)c1.[Br-]. The Kier molecular flexibility index (Phi) is 7.51. The largest absolute Gasteiger partial charge is 1.00 e. The van der Waals surface area contributed by atoms with Crippen molar-refractivity contribution in [3.05, 3.63) is 64.5 Å². The summed E-state index contributed by atoms with van der Waals surface area (Å²) in [4.78, 5) is 22.4. The molecule has 0 fully saturated rings. The van der Waals surface area contributed by atoms with E-state index in [2.05, 4.69) is 13.8 Å². The number of carbonyl (C=O) groups is 1. The molecule has 0 aliphatic carbocycles. The Labute approximate surface area is 151 Å². The van der Waals surface area contributed by atoms with Gasteiger partial charge in [0.15, 0.2) is 11.9 Å². The van der Waals surface area contributed by atoms with Gasteiger partial charge in [-0.25, -0.2) is 0 Å². The summed E-state index contributed by atoms with van der Waals surface area (Å²) in [5, 5.41) is 10.6. The lowest BCUT2D eigenvalue weighted by molar-refractivity contribution is -0.683. The maximum absolute atomic E-state index is 12.2. The van der Waals surface area contributed by atoms with E-state index in [-0.39, 0.29) is 35.0 Å². The van der Waals surface area contributed by atoms with Gasteiger partial charge in [-0.1, -0.05) is 13.8 Å². The van der Waals surface area contributed by atoms with Crippen molar-refractivity contribution in [1.82, 2.24) is 0 Å². The van der Waals surface area contributed by atoms with E-state index in [1.165, 1.54) is 24.3 Å². The number of nitrogens with zero attached hydrogens (tertiary/aromatic N) is 2. The molecule has 0 aliphatic heterocycles. The van der Waals surface area contributed by atoms with Crippen LogP contribution in [0.2, 0.25) is 0 Å². The third-order valence-corrected chi connectivity index (χ3v) is 3.14. The van der Waals surface area contributed by atoms with Crippen LogP contribution in [0.5, 0.6) is 5.75 Å². The minimum absolute atomic E-state index is 0. The summed E-state index contributed by atoms with van der Waals surface area (Å²) in [5.41, 5.74) is 0.412. The number of carbonyl (C=O) groups excluding carboxylic acids is 1. The van der Waals surface area contributed by atoms with Gasteiger partial charge in [-0.2, -0.15) is 4.57 Å². The first kappa shape index (κ1) is 19.8. The maximum Gasteiger partial charge on any atom is 0.269 e. The van der Waals surface area contributed by atoms with E-state index in [1.807, 2.05) is 12.1 Å². The number of pyridine rings is 1. The molecule has 0 spiro atoms. The normalized spacial score (nSPS) is 10.1. The van der Waals surface area contributed by atoms with Crippen LogP contribution in [0.1, 0.15) is 24.2 Å². The van der Waals surface area contributed by atoms with Gasteiger partial charge in [0.1, 0.15) is 0 Å². The Morgan fingerprint density at radius 1 is 1.25 bits per heavy atom.